The summed E-state index contributed by atoms with van der Waals surface area (Å²) in [4.78, 5) is 0. The lowest BCUT2D eigenvalue weighted by atomic mass is 10.1. The van der Waals surface area contributed by atoms with Gasteiger partial charge in [-0.2, -0.15) is 10.4 Å². The van der Waals surface area contributed by atoms with Crippen molar-refractivity contribution in [1.29, 1.82) is 5.26 Å². The summed E-state index contributed by atoms with van der Waals surface area (Å²) in [5, 5.41) is 14.4. The highest BCUT2D eigenvalue weighted by Gasteiger charge is 2.02. The predicted molar refractivity (Wildman–Crippen MR) is 70.4 cm³/mol. The van der Waals surface area contributed by atoms with Crippen LogP contribution in [0.3, 0.4) is 0 Å². The van der Waals surface area contributed by atoms with Crippen LogP contribution in [0.25, 0.3) is 16.6 Å². The third kappa shape index (κ3) is 1.85. The molecule has 0 fully saturated rings. The summed E-state index contributed by atoms with van der Waals surface area (Å²) >= 11 is 0. The summed E-state index contributed by atoms with van der Waals surface area (Å²) in [6.07, 6.45) is 2.43. The highest BCUT2D eigenvalue weighted by atomic mass is 15.3. The Labute approximate surface area is 105 Å². The summed E-state index contributed by atoms with van der Waals surface area (Å²) in [5.41, 5.74) is 2.97. The molecule has 0 atom stereocenters. The molecule has 1 heterocycles. The van der Waals surface area contributed by atoms with Crippen molar-refractivity contribution in [2.24, 2.45) is 0 Å². The Morgan fingerprint density at radius 2 is 2.00 bits per heavy atom. The largest absolute Gasteiger partial charge is 0.240 e. The first kappa shape index (κ1) is 10.5. The van der Waals surface area contributed by atoms with E-state index in [1.165, 1.54) is 0 Å². The van der Waals surface area contributed by atoms with Crippen molar-refractivity contribution in [3.05, 3.63) is 60.3 Å². The molecule has 0 radical (unpaired) electrons. The first-order valence-corrected chi connectivity index (χ1v) is 5.77. The summed E-state index contributed by atoms with van der Waals surface area (Å²) in [5.74, 6) is 0. The van der Waals surface area contributed by atoms with Crippen molar-refractivity contribution in [3.63, 3.8) is 0 Å². The van der Waals surface area contributed by atoms with Gasteiger partial charge in [-0.1, -0.05) is 30.3 Å². The fraction of sp³-hybridized carbons (Fsp3) is 0.0667. The van der Waals surface area contributed by atoms with Crippen LogP contribution < -0.4 is 0 Å². The minimum absolute atomic E-state index is 0.425. The molecule has 0 aliphatic carbocycles. The standard InChI is InChI=1S/C15H11N3/c16-9-8-12-4-3-6-14(10-12)18-11-13-5-1-2-7-15(13)17-18/h1-7,10-11H,8H2. The van der Waals surface area contributed by atoms with E-state index in [1.807, 2.05) is 59.4 Å². The van der Waals surface area contributed by atoms with Gasteiger partial charge in [-0.05, 0) is 23.8 Å². The van der Waals surface area contributed by atoms with Crippen LogP contribution in [0.15, 0.2) is 54.7 Å². The lowest BCUT2D eigenvalue weighted by Crippen LogP contribution is -1.95. The van der Waals surface area contributed by atoms with E-state index in [0.717, 1.165) is 22.2 Å². The Morgan fingerprint density at radius 1 is 1.11 bits per heavy atom. The molecule has 86 valence electrons. The average molecular weight is 233 g/mol. The van der Waals surface area contributed by atoms with Crippen molar-refractivity contribution in [1.82, 2.24) is 9.78 Å². The molecule has 0 amide bonds. The Morgan fingerprint density at radius 3 is 2.83 bits per heavy atom. The monoisotopic (exact) mass is 233 g/mol. The van der Waals surface area contributed by atoms with Gasteiger partial charge < -0.3 is 0 Å². The molecule has 0 bridgehead atoms. The van der Waals surface area contributed by atoms with E-state index in [1.54, 1.807) is 0 Å². The van der Waals surface area contributed by atoms with Gasteiger partial charge in [0, 0.05) is 11.6 Å². The molecule has 0 N–H and O–H groups in total. The van der Waals surface area contributed by atoms with E-state index in [9.17, 15) is 0 Å². The summed E-state index contributed by atoms with van der Waals surface area (Å²) in [6, 6.07) is 18.1. The minimum Gasteiger partial charge on any atom is -0.240 e. The molecule has 0 spiro atoms. The summed E-state index contributed by atoms with van der Waals surface area (Å²) in [6.45, 7) is 0. The topological polar surface area (TPSA) is 41.6 Å². The fourth-order valence-electron chi connectivity index (χ4n) is 2.00. The zero-order valence-electron chi connectivity index (χ0n) is 9.74. The smallest absolute Gasteiger partial charge is 0.0927 e. The second-order valence-electron chi connectivity index (χ2n) is 4.14. The zero-order valence-corrected chi connectivity index (χ0v) is 9.74. The molecular formula is C15H11N3. The van der Waals surface area contributed by atoms with Gasteiger partial charge in [0.05, 0.1) is 23.7 Å². The van der Waals surface area contributed by atoms with Gasteiger partial charge in [-0.15, -0.1) is 0 Å². The Bertz CT molecular complexity index is 702. The molecule has 2 aromatic carbocycles. The van der Waals surface area contributed by atoms with Gasteiger partial charge in [0.1, 0.15) is 0 Å². The fourth-order valence-corrected chi connectivity index (χ4v) is 2.00. The van der Waals surface area contributed by atoms with Crippen LogP contribution in [-0.4, -0.2) is 9.78 Å². The first-order chi connectivity index (χ1) is 8.86. The minimum atomic E-state index is 0.425. The van der Waals surface area contributed by atoms with Gasteiger partial charge in [0.15, 0.2) is 0 Å². The normalized spacial score (nSPS) is 10.4. The second kappa shape index (κ2) is 4.34. The van der Waals surface area contributed by atoms with Crippen molar-refractivity contribution < 1.29 is 0 Å². The predicted octanol–water partition coefficient (Wildman–Crippen LogP) is 3.09. The highest BCUT2D eigenvalue weighted by Crippen LogP contribution is 2.16. The second-order valence-corrected chi connectivity index (χ2v) is 4.14. The zero-order chi connectivity index (χ0) is 12.4. The van der Waals surface area contributed by atoms with E-state index in [4.69, 9.17) is 5.26 Å². The molecule has 0 saturated carbocycles. The summed E-state index contributed by atoms with van der Waals surface area (Å²) < 4.78 is 1.85. The van der Waals surface area contributed by atoms with E-state index in [2.05, 4.69) is 11.2 Å². The van der Waals surface area contributed by atoms with Crippen LogP contribution in [-0.2, 0) is 6.42 Å². The van der Waals surface area contributed by atoms with Crippen LogP contribution in [0.4, 0.5) is 0 Å². The number of hydrogen-bond acceptors (Lipinski definition) is 2. The molecule has 3 aromatic rings. The van der Waals surface area contributed by atoms with Crippen LogP contribution in [0.5, 0.6) is 0 Å². The van der Waals surface area contributed by atoms with E-state index in [0.29, 0.717) is 6.42 Å². The Kier molecular flexibility index (Phi) is 2.54. The van der Waals surface area contributed by atoms with E-state index >= 15 is 0 Å². The van der Waals surface area contributed by atoms with Crippen LogP contribution in [0.1, 0.15) is 5.56 Å². The number of fused-ring (bicyclic) bond motifs is 1. The van der Waals surface area contributed by atoms with Crippen LogP contribution in [0, 0.1) is 11.3 Å². The van der Waals surface area contributed by atoms with Gasteiger partial charge in [-0.25, -0.2) is 4.68 Å². The van der Waals surface area contributed by atoms with Crippen molar-refractivity contribution in [2.75, 3.05) is 0 Å². The third-order valence-electron chi connectivity index (χ3n) is 2.87. The molecule has 0 aliphatic heterocycles. The molecule has 0 aliphatic rings. The van der Waals surface area contributed by atoms with Gasteiger partial charge in [0.2, 0.25) is 0 Å². The molecule has 1 aromatic heterocycles. The number of rotatable bonds is 2. The third-order valence-corrected chi connectivity index (χ3v) is 2.87. The maximum Gasteiger partial charge on any atom is 0.0927 e. The number of benzene rings is 2. The van der Waals surface area contributed by atoms with Crippen LogP contribution in [0.2, 0.25) is 0 Å². The lowest BCUT2D eigenvalue weighted by Gasteiger charge is -2.02. The first-order valence-electron chi connectivity index (χ1n) is 5.77. The SMILES string of the molecule is N#CCc1cccc(-n2cc3ccccc3n2)c1. The maximum atomic E-state index is 8.72. The molecule has 3 rings (SSSR count). The number of hydrogen-bond donors (Lipinski definition) is 0. The van der Waals surface area contributed by atoms with Gasteiger partial charge in [-0.3, -0.25) is 0 Å². The summed E-state index contributed by atoms with van der Waals surface area (Å²) in [7, 11) is 0. The molecule has 18 heavy (non-hydrogen) atoms. The number of nitrogens with zero attached hydrogens (tertiary/aromatic N) is 3. The Hall–Kier alpha value is -2.60. The molecular weight excluding hydrogens is 222 g/mol. The highest BCUT2D eigenvalue weighted by molar-refractivity contribution is 5.78. The van der Waals surface area contributed by atoms with Crippen LogP contribution >= 0.6 is 0 Å². The van der Waals surface area contributed by atoms with Crippen molar-refractivity contribution >= 4 is 10.9 Å². The molecule has 3 nitrogen and oxygen atoms in total. The van der Waals surface area contributed by atoms with E-state index < -0.39 is 0 Å². The molecule has 0 unspecified atom stereocenters. The Balaban J connectivity index is 2.08. The van der Waals surface area contributed by atoms with Crippen molar-refractivity contribution in [2.45, 2.75) is 6.42 Å². The van der Waals surface area contributed by atoms with E-state index in [-0.39, 0.29) is 0 Å². The maximum absolute atomic E-state index is 8.72. The number of aromatic nitrogens is 2. The molecule has 0 saturated heterocycles. The van der Waals surface area contributed by atoms with Gasteiger partial charge in [0.25, 0.3) is 0 Å². The molecule has 3 heteroatoms. The number of nitriles is 1. The average Bonchev–Trinajstić information content (AvgIpc) is 2.83. The van der Waals surface area contributed by atoms with Gasteiger partial charge >= 0.3 is 0 Å². The lowest BCUT2D eigenvalue weighted by molar-refractivity contribution is 0.894. The quantitative estimate of drug-likeness (QED) is 0.682. The van der Waals surface area contributed by atoms with Crippen molar-refractivity contribution in [3.8, 4) is 11.8 Å².